The highest BCUT2D eigenvalue weighted by molar-refractivity contribution is 5.74. The van der Waals surface area contributed by atoms with Gasteiger partial charge < -0.3 is 15.4 Å². The van der Waals surface area contributed by atoms with Gasteiger partial charge in [0.05, 0.1) is 11.7 Å². The second-order valence-electron chi connectivity index (χ2n) is 5.10. The van der Waals surface area contributed by atoms with E-state index < -0.39 is 0 Å². The van der Waals surface area contributed by atoms with Crippen molar-refractivity contribution in [2.75, 3.05) is 19.8 Å². The highest BCUT2D eigenvalue weighted by atomic mass is 16.5. The number of rotatable bonds is 8. The number of hydrogen-bond donors (Lipinski definition) is 2. The van der Waals surface area contributed by atoms with Crippen molar-refractivity contribution in [2.45, 2.75) is 26.3 Å². The number of amides is 2. The molecule has 0 saturated carbocycles. The molecule has 0 saturated heterocycles. The quantitative estimate of drug-likeness (QED) is 0.730. The van der Waals surface area contributed by atoms with Crippen LogP contribution in [-0.2, 0) is 4.74 Å². The first-order chi connectivity index (χ1) is 11.2. The van der Waals surface area contributed by atoms with E-state index in [0.717, 1.165) is 17.7 Å². The number of nitrogens with zero attached hydrogens (tertiary/aromatic N) is 3. The molecule has 1 heterocycles. The summed E-state index contributed by atoms with van der Waals surface area (Å²) in [5.74, 6) is 0. The van der Waals surface area contributed by atoms with Crippen LogP contribution in [0.15, 0.2) is 36.9 Å². The maximum absolute atomic E-state index is 11.8. The molecule has 1 atom stereocenters. The van der Waals surface area contributed by atoms with Gasteiger partial charge in [-0.2, -0.15) is 5.10 Å². The standard InChI is InChI=1S/C16H23N5O2/c1-3-23-10-4-9-18-16(22)20-13(2)14-5-7-15(8-6-14)21-12-17-11-19-21/h5-8,11-13H,3-4,9-10H2,1-2H3,(H2,18,20,22). The van der Waals surface area contributed by atoms with Crippen LogP contribution in [0.25, 0.3) is 5.69 Å². The van der Waals surface area contributed by atoms with Gasteiger partial charge >= 0.3 is 6.03 Å². The molecular weight excluding hydrogens is 294 g/mol. The molecule has 0 aliphatic heterocycles. The van der Waals surface area contributed by atoms with Gasteiger partial charge in [0.15, 0.2) is 0 Å². The maximum Gasteiger partial charge on any atom is 0.315 e. The number of urea groups is 1. The van der Waals surface area contributed by atoms with Crippen LogP contribution in [0.2, 0.25) is 0 Å². The molecule has 7 heteroatoms. The summed E-state index contributed by atoms with van der Waals surface area (Å²) < 4.78 is 6.91. The Balaban J connectivity index is 1.78. The highest BCUT2D eigenvalue weighted by Crippen LogP contribution is 2.14. The summed E-state index contributed by atoms with van der Waals surface area (Å²) in [4.78, 5) is 15.7. The Morgan fingerprint density at radius 3 is 2.78 bits per heavy atom. The van der Waals surface area contributed by atoms with Gasteiger partial charge in [0.2, 0.25) is 0 Å². The molecule has 0 spiro atoms. The monoisotopic (exact) mass is 317 g/mol. The maximum atomic E-state index is 11.8. The minimum absolute atomic E-state index is 0.0771. The number of hydrogen-bond acceptors (Lipinski definition) is 4. The van der Waals surface area contributed by atoms with Gasteiger partial charge in [0.1, 0.15) is 12.7 Å². The number of nitrogens with one attached hydrogen (secondary N) is 2. The molecule has 7 nitrogen and oxygen atoms in total. The first kappa shape index (κ1) is 17.0. The molecule has 0 radical (unpaired) electrons. The Morgan fingerprint density at radius 1 is 1.35 bits per heavy atom. The van der Waals surface area contributed by atoms with Crippen LogP contribution < -0.4 is 10.6 Å². The molecular formula is C16H23N5O2. The predicted molar refractivity (Wildman–Crippen MR) is 87.4 cm³/mol. The summed E-state index contributed by atoms with van der Waals surface area (Å²) in [6.45, 7) is 5.87. The third-order valence-electron chi connectivity index (χ3n) is 3.38. The molecule has 2 rings (SSSR count). The van der Waals surface area contributed by atoms with Gasteiger partial charge in [0, 0.05) is 19.8 Å². The molecule has 0 aliphatic rings. The minimum atomic E-state index is -0.172. The molecule has 2 N–H and O–H groups in total. The van der Waals surface area contributed by atoms with E-state index in [9.17, 15) is 4.79 Å². The van der Waals surface area contributed by atoms with Crippen LogP contribution in [0.4, 0.5) is 4.79 Å². The third kappa shape index (κ3) is 5.37. The van der Waals surface area contributed by atoms with Gasteiger partial charge in [-0.15, -0.1) is 0 Å². The molecule has 0 aliphatic carbocycles. The lowest BCUT2D eigenvalue weighted by atomic mass is 10.1. The summed E-state index contributed by atoms with van der Waals surface area (Å²) in [5, 5.41) is 9.82. The van der Waals surface area contributed by atoms with E-state index in [0.29, 0.717) is 19.8 Å². The first-order valence-corrected chi connectivity index (χ1v) is 7.77. The zero-order chi connectivity index (χ0) is 16.5. The van der Waals surface area contributed by atoms with Gasteiger partial charge in [-0.3, -0.25) is 0 Å². The lowest BCUT2D eigenvalue weighted by Gasteiger charge is -2.15. The SMILES string of the molecule is CCOCCCNC(=O)NC(C)c1ccc(-n2cncn2)cc1. The van der Waals surface area contributed by atoms with Crippen molar-refractivity contribution >= 4 is 6.03 Å². The van der Waals surface area contributed by atoms with E-state index in [1.54, 1.807) is 11.0 Å². The van der Waals surface area contributed by atoms with Crippen LogP contribution >= 0.6 is 0 Å². The van der Waals surface area contributed by atoms with E-state index in [1.165, 1.54) is 6.33 Å². The van der Waals surface area contributed by atoms with Crippen LogP contribution in [0.3, 0.4) is 0 Å². The highest BCUT2D eigenvalue weighted by Gasteiger charge is 2.09. The Labute approximate surface area is 136 Å². The van der Waals surface area contributed by atoms with Crippen molar-refractivity contribution in [2.24, 2.45) is 0 Å². The zero-order valence-corrected chi connectivity index (χ0v) is 13.5. The lowest BCUT2D eigenvalue weighted by molar-refractivity contribution is 0.145. The lowest BCUT2D eigenvalue weighted by Crippen LogP contribution is -2.37. The first-order valence-electron chi connectivity index (χ1n) is 7.77. The average molecular weight is 317 g/mol. The van der Waals surface area contributed by atoms with E-state index >= 15 is 0 Å². The number of ether oxygens (including phenoxy) is 1. The van der Waals surface area contributed by atoms with Crippen LogP contribution in [0, 0.1) is 0 Å². The predicted octanol–water partition coefficient (Wildman–Crippen LogP) is 2.05. The summed E-state index contributed by atoms with van der Waals surface area (Å²) >= 11 is 0. The van der Waals surface area contributed by atoms with Crippen LogP contribution in [-0.4, -0.2) is 40.6 Å². The van der Waals surface area contributed by atoms with Crippen LogP contribution in [0.1, 0.15) is 31.9 Å². The fourth-order valence-corrected chi connectivity index (χ4v) is 2.11. The second kappa shape index (κ2) is 8.89. The van der Waals surface area contributed by atoms with Crippen molar-refractivity contribution in [3.05, 3.63) is 42.5 Å². The fourth-order valence-electron chi connectivity index (χ4n) is 2.11. The number of carbonyl (C=O) groups is 1. The van der Waals surface area contributed by atoms with E-state index in [-0.39, 0.29) is 12.1 Å². The Morgan fingerprint density at radius 2 is 2.13 bits per heavy atom. The summed E-state index contributed by atoms with van der Waals surface area (Å²) in [5.41, 5.74) is 1.96. The molecule has 1 aromatic carbocycles. The summed E-state index contributed by atoms with van der Waals surface area (Å²) in [7, 11) is 0. The molecule has 0 fully saturated rings. The average Bonchev–Trinajstić information content (AvgIpc) is 3.09. The summed E-state index contributed by atoms with van der Waals surface area (Å²) in [6, 6.07) is 7.58. The zero-order valence-electron chi connectivity index (χ0n) is 13.5. The Bertz CT molecular complexity index is 583. The van der Waals surface area contributed by atoms with Crippen molar-refractivity contribution in [3.63, 3.8) is 0 Å². The molecule has 23 heavy (non-hydrogen) atoms. The number of aromatic nitrogens is 3. The molecule has 2 amide bonds. The van der Waals surface area contributed by atoms with Gasteiger partial charge in [-0.25, -0.2) is 14.5 Å². The summed E-state index contributed by atoms with van der Waals surface area (Å²) in [6.07, 6.45) is 3.95. The molecule has 1 aromatic heterocycles. The largest absolute Gasteiger partial charge is 0.382 e. The fraction of sp³-hybridized carbons (Fsp3) is 0.438. The van der Waals surface area contributed by atoms with Crippen molar-refractivity contribution in [3.8, 4) is 5.69 Å². The van der Waals surface area contributed by atoms with Gasteiger partial charge in [-0.1, -0.05) is 12.1 Å². The van der Waals surface area contributed by atoms with Gasteiger partial charge in [-0.05, 0) is 38.0 Å². The molecule has 2 aromatic rings. The van der Waals surface area contributed by atoms with Crippen molar-refractivity contribution in [1.29, 1.82) is 0 Å². The molecule has 1 unspecified atom stereocenters. The normalized spacial score (nSPS) is 11.9. The van der Waals surface area contributed by atoms with Crippen molar-refractivity contribution < 1.29 is 9.53 Å². The van der Waals surface area contributed by atoms with E-state index in [2.05, 4.69) is 20.7 Å². The topological polar surface area (TPSA) is 81.1 Å². The van der Waals surface area contributed by atoms with E-state index in [4.69, 9.17) is 4.74 Å². The Hall–Kier alpha value is -2.41. The van der Waals surface area contributed by atoms with Crippen molar-refractivity contribution in [1.82, 2.24) is 25.4 Å². The van der Waals surface area contributed by atoms with E-state index in [1.807, 2.05) is 38.1 Å². The smallest absolute Gasteiger partial charge is 0.315 e. The van der Waals surface area contributed by atoms with Crippen LogP contribution in [0.5, 0.6) is 0 Å². The minimum Gasteiger partial charge on any atom is -0.382 e. The molecule has 124 valence electrons. The second-order valence-corrected chi connectivity index (χ2v) is 5.10. The Kier molecular flexibility index (Phi) is 6.56. The van der Waals surface area contributed by atoms with Gasteiger partial charge in [0.25, 0.3) is 0 Å². The number of benzene rings is 1. The number of carbonyl (C=O) groups excluding carboxylic acids is 1. The molecule has 0 bridgehead atoms. The third-order valence-corrected chi connectivity index (χ3v) is 3.38.